The average molecular weight is 555 g/mol. The van der Waals surface area contributed by atoms with Crippen molar-refractivity contribution in [2.75, 3.05) is 0 Å². The van der Waals surface area contributed by atoms with Gasteiger partial charge >= 0.3 is 0 Å². The van der Waals surface area contributed by atoms with Crippen LogP contribution in [0.1, 0.15) is 0 Å². The molecule has 0 aliphatic heterocycles. The summed E-state index contributed by atoms with van der Waals surface area (Å²) in [6.07, 6.45) is 0. The third-order valence-electron chi connectivity index (χ3n) is 9.74. The highest BCUT2D eigenvalue weighted by Gasteiger charge is 2.17. The fourth-order valence-corrected chi connectivity index (χ4v) is 7.86. The lowest BCUT2D eigenvalue weighted by molar-refractivity contribution is 1.73. The second-order valence-corrected chi connectivity index (χ2v) is 12.0. The minimum atomic E-state index is 1.25. The van der Waals surface area contributed by atoms with Gasteiger partial charge in [0, 0.05) is 0 Å². The lowest BCUT2D eigenvalue weighted by Gasteiger charge is -2.17. The molecule has 44 heavy (non-hydrogen) atoms. The maximum absolute atomic E-state index is 2.47. The molecule has 0 saturated carbocycles. The van der Waals surface area contributed by atoms with Crippen molar-refractivity contribution < 1.29 is 0 Å². The zero-order valence-electron chi connectivity index (χ0n) is 24.0. The van der Waals surface area contributed by atoms with Crippen LogP contribution in [-0.2, 0) is 0 Å². The molecule has 0 aromatic heterocycles. The van der Waals surface area contributed by atoms with Crippen molar-refractivity contribution in [3.8, 4) is 11.1 Å². The van der Waals surface area contributed by atoms with Gasteiger partial charge in [-0.25, -0.2) is 0 Å². The van der Waals surface area contributed by atoms with E-state index in [1.54, 1.807) is 0 Å². The molecule has 0 aliphatic carbocycles. The smallest absolute Gasteiger partial charge is 0.00199 e. The van der Waals surface area contributed by atoms with Gasteiger partial charge < -0.3 is 0 Å². The van der Waals surface area contributed by atoms with Gasteiger partial charge in [0.1, 0.15) is 0 Å². The second-order valence-electron chi connectivity index (χ2n) is 12.0. The topological polar surface area (TPSA) is 0 Å². The van der Waals surface area contributed by atoms with Crippen LogP contribution < -0.4 is 0 Å². The predicted octanol–water partition coefficient (Wildman–Crippen LogP) is 12.6. The monoisotopic (exact) mass is 554 g/mol. The van der Waals surface area contributed by atoms with Crippen LogP contribution in [-0.4, -0.2) is 0 Å². The third kappa shape index (κ3) is 3.23. The fraction of sp³-hybridized carbons (Fsp3) is 0. The number of hydrogen-bond donors (Lipinski definition) is 0. The van der Waals surface area contributed by atoms with Crippen molar-refractivity contribution in [2.45, 2.75) is 0 Å². The molecule has 0 heterocycles. The van der Waals surface area contributed by atoms with E-state index in [9.17, 15) is 0 Å². The van der Waals surface area contributed by atoms with Crippen LogP contribution in [0.25, 0.3) is 97.3 Å². The van der Waals surface area contributed by atoms with E-state index in [0.29, 0.717) is 0 Å². The first-order valence-corrected chi connectivity index (χ1v) is 15.4. The lowest BCUT2D eigenvalue weighted by atomic mass is 9.86. The van der Waals surface area contributed by atoms with Crippen molar-refractivity contribution in [1.82, 2.24) is 0 Å². The van der Waals surface area contributed by atoms with Gasteiger partial charge in [-0.05, 0) is 116 Å². The van der Waals surface area contributed by atoms with Gasteiger partial charge in [-0.3, -0.25) is 0 Å². The molecule has 0 unspecified atom stereocenters. The summed E-state index contributed by atoms with van der Waals surface area (Å²) >= 11 is 0. The van der Waals surface area contributed by atoms with E-state index in [0.717, 1.165) is 0 Å². The minimum absolute atomic E-state index is 1.25. The van der Waals surface area contributed by atoms with E-state index in [-0.39, 0.29) is 0 Å². The van der Waals surface area contributed by atoms with Crippen LogP contribution in [0.4, 0.5) is 0 Å². The quantitative estimate of drug-likeness (QED) is 0.140. The summed E-state index contributed by atoms with van der Waals surface area (Å²) in [7, 11) is 0. The summed E-state index contributed by atoms with van der Waals surface area (Å²) in [6.45, 7) is 0. The van der Waals surface area contributed by atoms with Crippen molar-refractivity contribution >= 4 is 86.2 Å². The summed E-state index contributed by atoms with van der Waals surface area (Å²) in [4.78, 5) is 0. The number of hydrogen-bond acceptors (Lipinski definition) is 0. The molecule has 0 amide bonds. The molecule has 10 aromatic carbocycles. The van der Waals surface area contributed by atoms with E-state index in [4.69, 9.17) is 0 Å². The summed E-state index contributed by atoms with van der Waals surface area (Å²) in [5, 5.41) is 20.7. The number of fused-ring (bicyclic) bond motifs is 9. The summed E-state index contributed by atoms with van der Waals surface area (Å²) < 4.78 is 0. The molecule has 0 radical (unpaired) electrons. The van der Waals surface area contributed by atoms with Crippen LogP contribution in [0, 0.1) is 0 Å². The van der Waals surface area contributed by atoms with Crippen molar-refractivity contribution in [3.63, 3.8) is 0 Å². The average Bonchev–Trinajstić information content (AvgIpc) is 3.09. The first kappa shape index (κ1) is 23.8. The summed E-state index contributed by atoms with van der Waals surface area (Å²) in [5.74, 6) is 0. The highest BCUT2D eigenvalue weighted by atomic mass is 14.2. The first-order valence-electron chi connectivity index (χ1n) is 15.4. The molecule has 0 N–H and O–H groups in total. The van der Waals surface area contributed by atoms with E-state index in [2.05, 4.69) is 158 Å². The highest BCUT2D eigenvalue weighted by Crippen LogP contribution is 2.45. The van der Waals surface area contributed by atoms with E-state index in [1.165, 1.54) is 97.3 Å². The largest absolute Gasteiger partial charge is 0.0616 e. The molecular weight excluding hydrogens is 528 g/mol. The van der Waals surface area contributed by atoms with Crippen molar-refractivity contribution in [1.29, 1.82) is 0 Å². The standard InChI is InChI=1S/C44H26/c1-3-13-32-27(10-1)22-23-39-40(32)25-29-11-2-4-14-33(29)42(39)31-24-30-21-20-28-12-9-19-38-36-17-7-5-15-34(36)35-16-6-8-18-37(35)41(26-31)44(30)43(28)38/h1-26H. The van der Waals surface area contributed by atoms with Crippen LogP contribution >= 0.6 is 0 Å². The Hall–Kier alpha value is -5.72. The Labute approximate surface area is 254 Å². The molecule has 0 spiro atoms. The summed E-state index contributed by atoms with van der Waals surface area (Å²) in [5.41, 5.74) is 2.56. The Bertz CT molecular complexity index is 2820. The van der Waals surface area contributed by atoms with Crippen molar-refractivity contribution in [3.05, 3.63) is 158 Å². The van der Waals surface area contributed by atoms with Gasteiger partial charge in [-0.1, -0.05) is 140 Å². The Morgan fingerprint density at radius 2 is 0.750 bits per heavy atom. The molecular formula is C44H26. The van der Waals surface area contributed by atoms with Gasteiger partial charge in [0.05, 0.1) is 0 Å². The maximum Gasteiger partial charge on any atom is -0.00199 e. The molecule has 10 rings (SSSR count). The van der Waals surface area contributed by atoms with Gasteiger partial charge in [-0.15, -0.1) is 0 Å². The third-order valence-corrected chi connectivity index (χ3v) is 9.74. The molecule has 202 valence electrons. The van der Waals surface area contributed by atoms with Crippen LogP contribution in [0.5, 0.6) is 0 Å². The second kappa shape index (κ2) is 8.89. The SMILES string of the molecule is c1ccc2c(-c3cc4ccc5cccc6c7ccccc7c7ccccc7c(c3)c4c56)c3ccc4ccccc4c3cc2c1. The highest BCUT2D eigenvalue weighted by molar-refractivity contribution is 6.33. The maximum atomic E-state index is 2.47. The van der Waals surface area contributed by atoms with Gasteiger partial charge in [0.25, 0.3) is 0 Å². The zero-order valence-corrected chi connectivity index (χ0v) is 24.0. The zero-order chi connectivity index (χ0) is 28.8. The van der Waals surface area contributed by atoms with Gasteiger partial charge in [-0.2, -0.15) is 0 Å². The molecule has 0 heteroatoms. The molecule has 0 aliphatic rings. The minimum Gasteiger partial charge on any atom is -0.0616 e. The number of benzene rings is 9. The molecule has 0 atom stereocenters. The predicted molar refractivity (Wildman–Crippen MR) is 192 cm³/mol. The summed E-state index contributed by atoms with van der Waals surface area (Å²) in [6, 6.07) is 58.8. The Balaban J connectivity index is 1.48. The first-order chi connectivity index (χ1) is 21.8. The van der Waals surface area contributed by atoms with E-state index < -0.39 is 0 Å². The van der Waals surface area contributed by atoms with Crippen molar-refractivity contribution in [2.24, 2.45) is 0 Å². The van der Waals surface area contributed by atoms with Crippen LogP contribution in [0.3, 0.4) is 0 Å². The fourth-order valence-electron chi connectivity index (χ4n) is 7.86. The molecule has 0 saturated heterocycles. The van der Waals surface area contributed by atoms with E-state index >= 15 is 0 Å². The van der Waals surface area contributed by atoms with Crippen LogP contribution in [0.2, 0.25) is 0 Å². The molecule has 0 nitrogen and oxygen atoms in total. The molecule has 10 aromatic rings. The molecule has 0 bridgehead atoms. The number of rotatable bonds is 1. The van der Waals surface area contributed by atoms with Crippen LogP contribution in [0.15, 0.2) is 158 Å². The van der Waals surface area contributed by atoms with E-state index in [1.807, 2.05) is 0 Å². The Morgan fingerprint density at radius 1 is 0.227 bits per heavy atom. The Morgan fingerprint density at radius 3 is 1.52 bits per heavy atom. The lowest BCUT2D eigenvalue weighted by Crippen LogP contribution is -1.90. The Kier molecular flexibility index (Phi) is 4.81. The normalized spacial score (nSPS) is 12.1. The molecule has 0 fully saturated rings. The van der Waals surface area contributed by atoms with Gasteiger partial charge in [0.15, 0.2) is 0 Å². The van der Waals surface area contributed by atoms with Gasteiger partial charge in [0.2, 0.25) is 0 Å².